The first kappa shape index (κ1) is 21.3. The van der Waals surface area contributed by atoms with Crippen LogP contribution in [0.1, 0.15) is 26.3 Å². The molecular weight excluding hydrogens is 398 g/mol. The van der Waals surface area contributed by atoms with Crippen molar-refractivity contribution in [3.8, 4) is 6.07 Å². The normalized spacial score (nSPS) is 24.5. The summed E-state index contributed by atoms with van der Waals surface area (Å²) in [6, 6.07) is 5.99. The average molecular weight is 428 g/mol. The summed E-state index contributed by atoms with van der Waals surface area (Å²) in [5, 5.41) is 19.5. The molecule has 2 fully saturated rings. The number of nitrogens with zero attached hydrogens (tertiary/aromatic N) is 5. The van der Waals surface area contributed by atoms with Gasteiger partial charge in [-0.2, -0.15) is 17.9 Å². The average Bonchev–Trinajstić information content (AvgIpc) is 2.68. The van der Waals surface area contributed by atoms with E-state index in [2.05, 4.69) is 32.8 Å². The van der Waals surface area contributed by atoms with Gasteiger partial charge in [0.25, 0.3) is 0 Å². The Hall–Kier alpha value is -1.92. The Kier molecular flexibility index (Phi) is 5.90. The molecule has 3 heterocycles. The van der Waals surface area contributed by atoms with Crippen LogP contribution < -0.4 is 4.90 Å². The minimum absolute atomic E-state index is 0.00580. The second-order valence-corrected chi connectivity index (χ2v) is 9.74. The molecule has 0 spiro atoms. The van der Waals surface area contributed by atoms with Crippen LogP contribution in [0.3, 0.4) is 0 Å². The number of morpholine rings is 1. The Balaban J connectivity index is 1.50. The lowest BCUT2D eigenvalue weighted by molar-refractivity contribution is -0.0510. The molecule has 0 saturated carbocycles. The highest BCUT2D eigenvalue weighted by Gasteiger charge is 2.40. The first-order valence-electron chi connectivity index (χ1n) is 10.4. The van der Waals surface area contributed by atoms with E-state index in [1.807, 2.05) is 26.0 Å². The zero-order chi connectivity index (χ0) is 21.5. The van der Waals surface area contributed by atoms with Gasteiger partial charge in [0.1, 0.15) is 17.1 Å². The van der Waals surface area contributed by atoms with E-state index in [1.165, 1.54) is 0 Å². The van der Waals surface area contributed by atoms with Gasteiger partial charge >= 0.3 is 0 Å². The molecule has 1 aromatic carbocycles. The molecule has 1 N–H and O–H groups in total. The van der Waals surface area contributed by atoms with Gasteiger partial charge in [-0.15, -0.1) is 0 Å². The maximum atomic E-state index is 10.0. The first-order chi connectivity index (χ1) is 14.2. The maximum Gasteiger partial charge on any atom is 0.113 e. The van der Waals surface area contributed by atoms with Crippen molar-refractivity contribution < 1.29 is 9.84 Å². The summed E-state index contributed by atoms with van der Waals surface area (Å²) in [5.41, 5.74) is 2.22. The van der Waals surface area contributed by atoms with Gasteiger partial charge < -0.3 is 14.7 Å². The smallest absolute Gasteiger partial charge is 0.113 e. The fraction of sp³-hybridized carbons (Fsp3) is 0.591. The third kappa shape index (κ3) is 4.40. The van der Waals surface area contributed by atoms with Gasteiger partial charge in [0.15, 0.2) is 0 Å². The fourth-order valence-electron chi connectivity index (χ4n) is 4.57. The molecule has 2 aromatic rings. The number of nitriles is 1. The third-order valence-electron chi connectivity index (χ3n) is 5.81. The van der Waals surface area contributed by atoms with Crippen LogP contribution in [-0.2, 0) is 4.74 Å². The number of fused-ring (bicyclic) bond motifs is 1. The number of aromatic nitrogens is 2. The monoisotopic (exact) mass is 427 g/mol. The summed E-state index contributed by atoms with van der Waals surface area (Å²) >= 11 is 4.94. The second-order valence-electron chi connectivity index (χ2n) is 9.14. The van der Waals surface area contributed by atoms with Crippen LogP contribution in [0, 0.1) is 17.2 Å². The van der Waals surface area contributed by atoms with Crippen molar-refractivity contribution in [2.75, 3.05) is 37.6 Å². The predicted octanol–water partition coefficient (Wildman–Crippen LogP) is 2.10. The van der Waals surface area contributed by atoms with E-state index in [1.54, 1.807) is 12.4 Å². The number of benzene rings is 1. The highest BCUT2D eigenvalue weighted by Crippen LogP contribution is 2.33. The van der Waals surface area contributed by atoms with Crippen LogP contribution in [0.5, 0.6) is 0 Å². The number of ether oxygens (including phenoxy) is 1. The van der Waals surface area contributed by atoms with E-state index < -0.39 is 5.60 Å². The molecule has 3 atom stereocenters. The lowest BCUT2D eigenvalue weighted by Crippen LogP contribution is -2.59. The molecule has 2 saturated heterocycles. The highest BCUT2D eigenvalue weighted by molar-refractivity contribution is 7.81. The number of likely N-dealkylation sites (tertiary alicyclic amines) is 1. The Morgan fingerprint density at radius 1 is 1.23 bits per heavy atom. The number of anilines is 1. The van der Waals surface area contributed by atoms with Crippen LogP contribution in [-0.4, -0.2) is 75.8 Å². The number of aliphatic hydroxyl groups is 1. The van der Waals surface area contributed by atoms with Crippen molar-refractivity contribution in [3.05, 3.63) is 30.1 Å². The van der Waals surface area contributed by atoms with Crippen molar-refractivity contribution in [1.82, 2.24) is 14.9 Å². The molecule has 0 bridgehead atoms. The fourth-order valence-corrected chi connectivity index (χ4v) is 4.92. The zero-order valence-corrected chi connectivity index (χ0v) is 18.6. The quantitative estimate of drug-likeness (QED) is 0.707. The van der Waals surface area contributed by atoms with E-state index in [4.69, 9.17) is 17.4 Å². The van der Waals surface area contributed by atoms with Crippen LogP contribution in [0.15, 0.2) is 24.5 Å². The zero-order valence-electron chi connectivity index (χ0n) is 17.7. The molecule has 30 heavy (non-hydrogen) atoms. The largest absolute Gasteiger partial charge is 0.389 e. The van der Waals surface area contributed by atoms with Crippen LogP contribution in [0.4, 0.5) is 5.69 Å². The molecular formula is C22H29N5O2S. The Labute approximate surface area is 183 Å². The van der Waals surface area contributed by atoms with Gasteiger partial charge in [-0.25, -0.2) is 0 Å². The van der Waals surface area contributed by atoms with Crippen molar-refractivity contribution in [2.24, 2.45) is 5.92 Å². The topological polar surface area (TPSA) is 85.5 Å². The van der Waals surface area contributed by atoms with Gasteiger partial charge in [-0.05, 0) is 38.8 Å². The molecule has 0 radical (unpaired) electrons. The van der Waals surface area contributed by atoms with Gasteiger partial charge in [-0.3, -0.25) is 14.9 Å². The van der Waals surface area contributed by atoms with Gasteiger partial charge in [0, 0.05) is 50.4 Å². The second kappa shape index (κ2) is 8.31. The molecule has 7 nitrogen and oxygen atoms in total. The minimum atomic E-state index is -0.679. The van der Waals surface area contributed by atoms with E-state index in [9.17, 15) is 10.4 Å². The molecule has 2 aliphatic heterocycles. The standard InChI is InChI=1S/C22H29N5O2S/c1-14-9-27(17-5-4-15(8-23)19-20(17)25-7-6-24-19)12-18(29-14)21(30)16-10-26(11-16)13-22(2,3)28/h4-7,14,16,18,21,28,30H,9-13H2,1-3H3/t14-,18-,21?/m1/s1. The Morgan fingerprint density at radius 3 is 2.60 bits per heavy atom. The van der Waals surface area contributed by atoms with E-state index in [0.717, 1.165) is 37.4 Å². The summed E-state index contributed by atoms with van der Waals surface area (Å²) in [5.74, 6) is 0.435. The van der Waals surface area contributed by atoms with Crippen molar-refractivity contribution in [2.45, 2.75) is 43.8 Å². The molecule has 1 aromatic heterocycles. The SMILES string of the molecule is C[C@@H]1CN(c2ccc(C#N)c3nccnc23)C[C@H](C(S)C2CN(CC(C)(C)O)C2)O1. The first-order valence-corrected chi connectivity index (χ1v) is 10.9. The van der Waals surface area contributed by atoms with Crippen molar-refractivity contribution in [3.63, 3.8) is 0 Å². The summed E-state index contributed by atoms with van der Waals surface area (Å²) in [6.45, 7) is 9.77. The maximum absolute atomic E-state index is 10.0. The van der Waals surface area contributed by atoms with E-state index in [-0.39, 0.29) is 17.5 Å². The molecule has 2 aliphatic rings. The summed E-state index contributed by atoms with van der Waals surface area (Å²) in [7, 11) is 0. The molecule has 4 rings (SSSR count). The molecule has 1 unspecified atom stereocenters. The van der Waals surface area contributed by atoms with Gasteiger partial charge in [-0.1, -0.05) is 0 Å². The summed E-state index contributed by atoms with van der Waals surface area (Å²) < 4.78 is 6.28. The number of thiol groups is 1. The Bertz CT molecular complexity index is 951. The predicted molar refractivity (Wildman–Crippen MR) is 120 cm³/mol. The molecule has 160 valence electrons. The number of β-amino-alcohol motifs (C(OH)–C–C–N with tert-alkyl or cyclic N) is 1. The minimum Gasteiger partial charge on any atom is -0.389 e. The highest BCUT2D eigenvalue weighted by atomic mass is 32.1. The van der Waals surface area contributed by atoms with E-state index in [0.29, 0.717) is 23.5 Å². The van der Waals surface area contributed by atoms with E-state index >= 15 is 0 Å². The van der Waals surface area contributed by atoms with Crippen LogP contribution >= 0.6 is 12.6 Å². The number of hydrogen-bond acceptors (Lipinski definition) is 8. The Morgan fingerprint density at radius 2 is 1.93 bits per heavy atom. The lowest BCUT2D eigenvalue weighted by Gasteiger charge is -2.48. The van der Waals surface area contributed by atoms with Crippen molar-refractivity contribution in [1.29, 1.82) is 5.26 Å². The molecule has 0 amide bonds. The summed E-state index contributed by atoms with van der Waals surface area (Å²) in [4.78, 5) is 13.5. The molecule has 0 aliphatic carbocycles. The number of rotatable bonds is 5. The van der Waals surface area contributed by atoms with Crippen LogP contribution in [0.2, 0.25) is 0 Å². The van der Waals surface area contributed by atoms with Crippen molar-refractivity contribution >= 4 is 29.3 Å². The summed E-state index contributed by atoms with van der Waals surface area (Å²) in [6.07, 6.45) is 3.35. The lowest BCUT2D eigenvalue weighted by atomic mass is 9.90. The molecule has 8 heteroatoms. The van der Waals surface area contributed by atoms with Gasteiger partial charge in [0.05, 0.1) is 29.1 Å². The van der Waals surface area contributed by atoms with Crippen LogP contribution in [0.25, 0.3) is 11.0 Å². The third-order valence-corrected chi connectivity index (χ3v) is 6.56. The van der Waals surface area contributed by atoms with Gasteiger partial charge in [0.2, 0.25) is 0 Å². The number of hydrogen-bond donors (Lipinski definition) is 2.